The third kappa shape index (κ3) is 2.01. The molecule has 0 N–H and O–H groups in total. The first-order valence-corrected chi connectivity index (χ1v) is 3.78. The van der Waals surface area contributed by atoms with Crippen molar-refractivity contribution in [3.63, 3.8) is 0 Å². The molecule has 1 heterocycles. The normalized spacial score (nSPS) is 23.9. The molecule has 0 aromatic rings. The molecule has 0 aromatic heterocycles. The van der Waals surface area contributed by atoms with Gasteiger partial charge in [0.2, 0.25) is 0 Å². The lowest BCUT2D eigenvalue weighted by atomic mass is 9.60. The molecule has 2 heteroatoms. The molecule has 56 valence electrons. The molecule has 1 nitrogen and oxygen atoms in total. The van der Waals surface area contributed by atoms with E-state index in [0.717, 1.165) is 19.6 Å². The van der Waals surface area contributed by atoms with Crippen LogP contribution in [-0.2, 0) is 4.74 Å². The predicted molar refractivity (Wildman–Crippen MR) is 43.3 cm³/mol. The van der Waals surface area contributed by atoms with Crippen LogP contribution in [0.1, 0.15) is 27.2 Å². The Bertz CT molecular complexity index is 122. The van der Waals surface area contributed by atoms with Crippen molar-refractivity contribution in [3.8, 4) is 0 Å². The number of ether oxygens (including phenoxy) is 1. The van der Waals surface area contributed by atoms with Gasteiger partial charge < -0.3 is 4.74 Å². The van der Waals surface area contributed by atoms with Gasteiger partial charge in [-0.15, -0.1) is 0 Å². The smallest absolute Gasteiger partial charge is 0.0809 e. The number of rotatable bonds is 1. The molecule has 1 aliphatic rings. The van der Waals surface area contributed by atoms with Gasteiger partial charge in [-0.1, -0.05) is 20.8 Å². The van der Waals surface area contributed by atoms with Crippen LogP contribution in [0.3, 0.4) is 0 Å². The van der Waals surface area contributed by atoms with Crippen LogP contribution in [0, 0.1) is 5.41 Å². The molecule has 0 bridgehead atoms. The number of hydrogen-bond donors (Lipinski definition) is 0. The van der Waals surface area contributed by atoms with Crippen molar-refractivity contribution in [3.05, 3.63) is 0 Å². The second kappa shape index (κ2) is 2.26. The summed E-state index contributed by atoms with van der Waals surface area (Å²) < 4.78 is 5.06. The third-order valence-corrected chi connectivity index (χ3v) is 1.66. The predicted octanol–water partition coefficient (Wildman–Crippen LogP) is 1.78. The van der Waals surface area contributed by atoms with Crippen molar-refractivity contribution in [2.75, 3.05) is 13.2 Å². The average Bonchev–Trinajstić information content (AvgIpc) is 1.57. The van der Waals surface area contributed by atoms with Crippen LogP contribution < -0.4 is 0 Å². The van der Waals surface area contributed by atoms with Crippen LogP contribution in [0.4, 0.5) is 0 Å². The summed E-state index contributed by atoms with van der Waals surface area (Å²) in [6, 6.07) is 0. The quantitative estimate of drug-likeness (QED) is 0.502. The Labute approximate surface area is 64.6 Å². The average molecular weight is 138 g/mol. The van der Waals surface area contributed by atoms with Gasteiger partial charge in [-0.2, -0.15) is 0 Å². The zero-order valence-corrected chi connectivity index (χ0v) is 7.11. The van der Waals surface area contributed by atoms with Crippen LogP contribution in [0.25, 0.3) is 0 Å². The van der Waals surface area contributed by atoms with E-state index >= 15 is 0 Å². The standard InChI is InChI=1S/C8H15BO/c1-7(2,3)4-8(9)5-10-6-8/h4-6H2,1-3H3. The van der Waals surface area contributed by atoms with Crippen molar-refractivity contribution >= 4 is 7.85 Å². The Morgan fingerprint density at radius 1 is 1.40 bits per heavy atom. The fraction of sp³-hybridized carbons (Fsp3) is 1.00. The Morgan fingerprint density at radius 2 is 1.90 bits per heavy atom. The van der Waals surface area contributed by atoms with E-state index < -0.39 is 0 Å². The molecule has 1 aliphatic heterocycles. The van der Waals surface area contributed by atoms with Crippen molar-refractivity contribution in [1.82, 2.24) is 0 Å². The zero-order valence-electron chi connectivity index (χ0n) is 7.11. The second-order valence-electron chi connectivity index (χ2n) is 4.59. The van der Waals surface area contributed by atoms with E-state index in [1.54, 1.807) is 0 Å². The van der Waals surface area contributed by atoms with Crippen molar-refractivity contribution in [1.29, 1.82) is 0 Å². The molecule has 0 saturated carbocycles. The van der Waals surface area contributed by atoms with E-state index in [1.807, 2.05) is 0 Å². The van der Waals surface area contributed by atoms with E-state index in [2.05, 4.69) is 20.8 Å². The summed E-state index contributed by atoms with van der Waals surface area (Å²) in [4.78, 5) is 0. The molecular weight excluding hydrogens is 123 g/mol. The van der Waals surface area contributed by atoms with E-state index in [0.29, 0.717) is 5.41 Å². The molecule has 0 unspecified atom stereocenters. The Kier molecular flexibility index (Phi) is 1.84. The van der Waals surface area contributed by atoms with Gasteiger partial charge in [-0.25, -0.2) is 0 Å². The minimum absolute atomic E-state index is 0.0156. The fourth-order valence-electron chi connectivity index (χ4n) is 1.52. The summed E-state index contributed by atoms with van der Waals surface area (Å²) in [6.45, 7) is 8.11. The molecule has 2 radical (unpaired) electrons. The minimum Gasteiger partial charge on any atom is -0.382 e. The topological polar surface area (TPSA) is 9.23 Å². The van der Waals surface area contributed by atoms with Gasteiger partial charge in [0.1, 0.15) is 0 Å². The largest absolute Gasteiger partial charge is 0.382 e. The van der Waals surface area contributed by atoms with Gasteiger partial charge in [0.05, 0.1) is 7.85 Å². The van der Waals surface area contributed by atoms with Crippen LogP contribution in [0.15, 0.2) is 0 Å². The fourth-order valence-corrected chi connectivity index (χ4v) is 1.52. The zero-order chi connectivity index (χ0) is 7.83. The summed E-state index contributed by atoms with van der Waals surface area (Å²) >= 11 is 0. The molecule has 1 saturated heterocycles. The third-order valence-electron chi connectivity index (χ3n) is 1.66. The van der Waals surface area contributed by atoms with Gasteiger partial charge in [-0.3, -0.25) is 0 Å². The van der Waals surface area contributed by atoms with Gasteiger partial charge in [0, 0.05) is 13.2 Å². The second-order valence-corrected chi connectivity index (χ2v) is 4.59. The van der Waals surface area contributed by atoms with Gasteiger partial charge in [-0.05, 0) is 17.2 Å². The van der Waals surface area contributed by atoms with E-state index in [4.69, 9.17) is 12.6 Å². The van der Waals surface area contributed by atoms with Crippen LogP contribution in [0.5, 0.6) is 0 Å². The highest BCUT2D eigenvalue weighted by molar-refractivity contribution is 6.16. The first kappa shape index (κ1) is 8.12. The highest BCUT2D eigenvalue weighted by atomic mass is 16.5. The van der Waals surface area contributed by atoms with E-state index in [1.165, 1.54) is 0 Å². The summed E-state index contributed by atoms with van der Waals surface area (Å²) in [6.07, 6.45) is 1.06. The van der Waals surface area contributed by atoms with Crippen LogP contribution >= 0.6 is 0 Å². The molecule has 0 aliphatic carbocycles. The molecule has 0 aromatic carbocycles. The molecule has 10 heavy (non-hydrogen) atoms. The molecule has 1 fully saturated rings. The molecular formula is C8H15BO. The summed E-state index contributed by atoms with van der Waals surface area (Å²) in [5.74, 6) is 0. The van der Waals surface area contributed by atoms with Gasteiger partial charge >= 0.3 is 0 Å². The molecule has 1 rings (SSSR count). The number of hydrogen-bond acceptors (Lipinski definition) is 1. The highest BCUT2D eigenvalue weighted by Gasteiger charge is 2.36. The lowest BCUT2D eigenvalue weighted by Crippen LogP contribution is -2.39. The van der Waals surface area contributed by atoms with Crippen molar-refractivity contribution < 1.29 is 4.74 Å². The SMILES string of the molecule is [B]C1(CC(C)(C)C)COC1. The Hall–Kier alpha value is 0.0249. The van der Waals surface area contributed by atoms with Gasteiger partial charge in [0.25, 0.3) is 0 Å². The summed E-state index contributed by atoms with van der Waals surface area (Å²) in [5.41, 5.74) is 0.332. The maximum absolute atomic E-state index is 5.96. The maximum Gasteiger partial charge on any atom is 0.0809 e. The molecule has 0 amide bonds. The monoisotopic (exact) mass is 138 g/mol. The summed E-state index contributed by atoms with van der Waals surface area (Å²) in [5, 5.41) is -0.0156. The Balaban J connectivity index is 2.37. The first-order chi connectivity index (χ1) is 4.41. The highest BCUT2D eigenvalue weighted by Crippen LogP contribution is 2.42. The minimum atomic E-state index is -0.0156. The van der Waals surface area contributed by atoms with Gasteiger partial charge in [0.15, 0.2) is 0 Å². The van der Waals surface area contributed by atoms with Crippen molar-refractivity contribution in [2.24, 2.45) is 5.41 Å². The Morgan fingerprint density at radius 3 is 2.00 bits per heavy atom. The molecule has 0 atom stereocenters. The molecule has 0 spiro atoms. The lowest BCUT2D eigenvalue weighted by Gasteiger charge is -2.43. The summed E-state index contributed by atoms with van der Waals surface area (Å²) in [7, 11) is 5.96. The lowest BCUT2D eigenvalue weighted by molar-refractivity contribution is -0.0352. The van der Waals surface area contributed by atoms with Crippen LogP contribution in [0.2, 0.25) is 5.31 Å². The van der Waals surface area contributed by atoms with E-state index in [-0.39, 0.29) is 5.31 Å². The van der Waals surface area contributed by atoms with Crippen LogP contribution in [-0.4, -0.2) is 21.1 Å². The van der Waals surface area contributed by atoms with Crippen molar-refractivity contribution in [2.45, 2.75) is 32.5 Å². The maximum atomic E-state index is 5.96. The first-order valence-electron chi connectivity index (χ1n) is 3.78. The van der Waals surface area contributed by atoms with E-state index in [9.17, 15) is 0 Å².